The summed E-state index contributed by atoms with van der Waals surface area (Å²) in [6.07, 6.45) is 0. The fraction of sp³-hybridized carbons (Fsp3) is 0.273. The van der Waals surface area contributed by atoms with Gasteiger partial charge in [0.15, 0.2) is 16.6 Å². The molecule has 0 aliphatic rings. The number of aryl methyl sites for hydroxylation is 2. The molecule has 2 aromatic rings. The first-order valence-electron chi connectivity index (χ1n) is 4.85. The smallest absolute Gasteiger partial charge is 0.194 e. The molecule has 0 bridgehead atoms. The Morgan fingerprint density at radius 2 is 2.25 bits per heavy atom. The third-order valence-corrected chi connectivity index (χ3v) is 3.10. The van der Waals surface area contributed by atoms with E-state index < -0.39 is 0 Å². The minimum atomic E-state index is -0.0620. The van der Waals surface area contributed by atoms with E-state index in [-0.39, 0.29) is 5.78 Å². The molecule has 0 N–H and O–H groups in total. The van der Waals surface area contributed by atoms with Gasteiger partial charge in [-0.25, -0.2) is 0 Å². The first-order valence-corrected chi connectivity index (χ1v) is 5.67. The van der Waals surface area contributed by atoms with E-state index in [1.165, 1.54) is 18.7 Å². The predicted molar refractivity (Wildman–Crippen MR) is 60.8 cm³/mol. The van der Waals surface area contributed by atoms with Gasteiger partial charge >= 0.3 is 0 Å². The zero-order valence-corrected chi connectivity index (χ0v) is 10.2. The molecule has 0 aromatic carbocycles. The van der Waals surface area contributed by atoms with Gasteiger partial charge in [0.05, 0.1) is 5.69 Å². The maximum absolute atomic E-state index is 11.1. The van der Waals surface area contributed by atoms with E-state index in [0.29, 0.717) is 10.9 Å². The third-order valence-electron chi connectivity index (χ3n) is 2.09. The van der Waals surface area contributed by atoms with Gasteiger partial charge in [0.2, 0.25) is 0 Å². The Bertz CT molecular complexity index is 528. The van der Waals surface area contributed by atoms with Gasteiger partial charge in [-0.15, -0.1) is 0 Å². The zero-order chi connectivity index (χ0) is 11.7. The lowest BCUT2D eigenvalue weighted by Crippen LogP contribution is -1.91. The summed E-state index contributed by atoms with van der Waals surface area (Å²) < 4.78 is 7.17. The molecule has 84 valence electrons. The molecule has 0 atom stereocenters. The summed E-state index contributed by atoms with van der Waals surface area (Å²) in [6, 6.07) is 5.46. The molecule has 0 fully saturated rings. The van der Waals surface area contributed by atoms with Crippen LogP contribution in [0.25, 0.3) is 0 Å². The van der Waals surface area contributed by atoms with Crippen molar-refractivity contribution in [3.8, 4) is 0 Å². The minimum Gasteiger partial charge on any atom is -0.446 e. The molecule has 4 nitrogen and oxygen atoms in total. The zero-order valence-electron chi connectivity index (χ0n) is 9.35. The molecule has 0 spiro atoms. The molecular formula is C11H12N2O2S. The summed E-state index contributed by atoms with van der Waals surface area (Å²) >= 11 is 1.45. The van der Waals surface area contributed by atoms with E-state index >= 15 is 0 Å². The van der Waals surface area contributed by atoms with Crippen LogP contribution in [0.3, 0.4) is 0 Å². The summed E-state index contributed by atoms with van der Waals surface area (Å²) in [5, 5.41) is 5.93. The summed E-state index contributed by atoms with van der Waals surface area (Å²) in [7, 11) is 1.88. The molecule has 0 saturated heterocycles. The molecule has 2 aromatic heterocycles. The van der Waals surface area contributed by atoms with Crippen molar-refractivity contribution in [2.24, 2.45) is 7.05 Å². The minimum absolute atomic E-state index is 0.0620. The van der Waals surface area contributed by atoms with Crippen LogP contribution in [0.1, 0.15) is 23.2 Å². The monoisotopic (exact) mass is 236 g/mol. The summed E-state index contributed by atoms with van der Waals surface area (Å²) in [5.74, 6) is 0.328. The van der Waals surface area contributed by atoms with Crippen LogP contribution in [0, 0.1) is 6.92 Å². The van der Waals surface area contributed by atoms with E-state index in [0.717, 1.165) is 10.7 Å². The fourth-order valence-electron chi connectivity index (χ4n) is 1.35. The maximum Gasteiger partial charge on any atom is 0.194 e. The molecule has 2 heterocycles. The first-order chi connectivity index (χ1) is 7.56. The number of ketones is 1. The highest BCUT2D eigenvalue weighted by molar-refractivity contribution is 7.99. The maximum atomic E-state index is 11.1. The molecule has 0 radical (unpaired) electrons. The second-order valence-corrected chi connectivity index (χ2v) is 4.55. The van der Waals surface area contributed by atoms with Crippen LogP contribution in [0.2, 0.25) is 0 Å². The molecule has 5 heteroatoms. The standard InChI is InChI=1S/C11H12N2O2S/c1-7-6-10(13(3)12-7)16-11-5-4-9(15-11)8(2)14/h4-6H,1-3H3. The van der Waals surface area contributed by atoms with Crippen LogP contribution in [-0.4, -0.2) is 15.6 Å². The average molecular weight is 236 g/mol. The second-order valence-electron chi connectivity index (χ2n) is 3.52. The van der Waals surface area contributed by atoms with Crippen molar-refractivity contribution in [1.82, 2.24) is 9.78 Å². The molecule has 16 heavy (non-hydrogen) atoms. The SMILES string of the molecule is CC(=O)c1ccc(Sc2cc(C)nn2C)o1. The quantitative estimate of drug-likeness (QED) is 0.769. The highest BCUT2D eigenvalue weighted by atomic mass is 32.2. The highest BCUT2D eigenvalue weighted by Gasteiger charge is 2.10. The van der Waals surface area contributed by atoms with Gasteiger partial charge in [-0.2, -0.15) is 5.10 Å². The van der Waals surface area contributed by atoms with Crippen molar-refractivity contribution in [1.29, 1.82) is 0 Å². The average Bonchev–Trinajstić information content (AvgIpc) is 2.75. The van der Waals surface area contributed by atoms with Crippen molar-refractivity contribution in [3.63, 3.8) is 0 Å². The van der Waals surface area contributed by atoms with Crippen molar-refractivity contribution < 1.29 is 9.21 Å². The van der Waals surface area contributed by atoms with Gasteiger partial charge in [-0.05, 0) is 36.9 Å². The number of rotatable bonds is 3. The molecule has 0 aliphatic carbocycles. The Labute approximate surface area is 97.6 Å². The number of carbonyl (C=O) groups is 1. The lowest BCUT2D eigenvalue weighted by molar-refractivity contribution is 0.0982. The van der Waals surface area contributed by atoms with E-state index in [2.05, 4.69) is 5.10 Å². The van der Waals surface area contributed by atoms with Crippen molar-refractivity contribution >= 4 is 17.5 Å². The van der Waals surface area contributed by atoms with Crippen LogP contribution in [0.4, 0.5) is 0 Å². The van der Waals surface area contributed by atoms with Gasteiger partial charge in [0.1, 0.15) is 5.03 Å². The number of aromatic nitrogens is 2. The Balaban J connectivity index is 2.20. The van der Waals surface area contributed by atoms with E-state index in [1.54, 1.807) is 16.8 Å². The number of Topliss-reactive ketones (excluding diaryl/α,β-unsaturated/α-hetero) is 1. The Morgan fingerprint density at radius 1 is 1.50 bits per heavy atom. The van der Waals surface area contributed by atoms with Crippen LogP contribution < -0.4 is 0 Å². The predicted octanol–water partition coefficient (Wildman–Crippen LogP) is 2.68. The molecule has 0 aliphatic heterocycles. The molecular weight excluding hydrogens is 224 g/mol. The van der Waals surface area contributed by atoms with Gasteiger partial charge in [0.25, 0.3) is 0 Å². The van der Waals surface area contributed by atoms with E-state index in [9.17, 15) is 4.79 Å². The molecule has 0 unspecified atom stereocenters. The number of nitrogens with zero attached hydrogens (tertiary/aromatic N) is 2. The number of hydrogen-bond acceptors (Lipinski definition) is 4. The van der Waals surface area contributed by atoms with Crippen molar-refractivity contribution in [3.05, 3.63) is 29.7 Å². The normalized spacial score (nSPS) is 10.7. The number of carbonyl (C=O) groups excluding carboxylic acids is 1. The van der Waals surface area contributed by atoms with Gasteiger partial charge in [-0.3, -0.25) is 9.48 Å². The Hall–Kier alpha value is -1.49. The van der Waals surface area contributed by atoms with Gasteiger partial charge in [-0.1, -0.05) is 0 Å². The van der Waals surface area contributed by atoms with Crippen molar-refractivity contribution in [2.45, 2.75) is 24.0 Å². The summed E-state index contributed by atoms with van der Waals surface area (Å²) in [6.45, 7) is 3.43. The first kappa shape index (κ1) is 11.0. The number of hydrogen-bond donors (Lipinski definition) is 0. The highest BCUT2D eigenvalue weighted by Crippen LogP contribution is 2.29. The molecule has 2 rings (SSSR count). The van der Waals surface area contributed by atoms with E-state index in [1.807, 2.05) is 20.0 Å². The summed E-state index contributed by atoms with van der Waals surface area (Å²) in [5.41, 5.74) is 0.961. The van der Waals surface area contributed by atoms with Crippen LogP contribution >= 0.6 is 11.8 Å². The third kappa shape index (κ3) is 2.19. The van der Waals surface area contributed by atoms with Gasteiger partial charge < -0.3 is 4.42 Å². The summed E-state index contributed by atoms with van der Waals surface area (Å²) in [4.78, 5) is 11.1. The fourth-order valence-corrected chi connectivity index (χ4v) is 2.23. The van der Waals surface area contributed by atoms with E-state index in [4.69, 9.17) is 4.42 Å². The lowest BCUT2D eigenvalue weighted by atomic mass is 10.3. The Kier molecular flexibility index (Phi) is 2.87. The molecule has 0 saturated carbocycles. The Morgan fingerprint density at radius 3 is 2.75 bits per heavy atom. The largest absolute Gasteiger partial charge is 0.446 e. The van der Waals surface area contributed by atoms with Crippen LogP contribution in [0.15, 0.2) is 32.7 Å². The number of furan rings is 1. The molecule has 0 amide bonds. The van der Waals surface area contributed by atoms with Crippen LogP contribution in [0.5, 0.6) is 0 Å². The van der Waals surface area contributed by atoms with Crippen LogP contribution in [-0.2, 0) is 7.05 Å². The second kappa shape index (κ2) is 4.17. The van der Waals surface area contributed by atoms with Gasteiger partial charge in [0, 0.05) is 14.0 Å². The lowest BCUT2D eigenvalue weighted by Gasteiger charge is -1.97. The topological polar surface area (TPSA) is 48.0 Å². The van der Waals surface area contributed by atoms with Crippen molar-refractivity contribution in [2.75, 3.05) is 0 Å².